The minimum absolute atomic E-state index is 0.714. The number of hydrogen-bond donors (Lipinski definition) is 0. The van der Waals surface area contributed by atoms with Gasteiger partial charge in [0, 0.05) is 33.5 Å². The van der Waals surface area contributed by atoms with E-state index >= 15 is 0 Å². The summed E-state index contributed by atoms with van der Waals surface area (Å²) in [5, 5.41) is 4.57. The molecule has 0 saturated carbocycles. The SMILES string of the molecule is c1ccc(-c2ccc(-c3nc(-c4cccc(-c5ccc(-c6cccc7c6ccc6cccnc67)cc5)c4)nc4ccccc34)cc2)cc1. The summed E-state index contributed by atoms with van der Waals surface area (Å²) in [5.74, 6) is 0.714. The second-order valence-electron chi connectivity index (χ2n) is 12.1. The van der Waals surface area contributed by atoms with Crippen molar-refractivity contribution in [1.29, 1.82) is 0 Å². The maximum absolute atomic E-state index is 5.17. The third-order valence-corrected chi connectivity index (χ3v) is 9.15. The first-order chi connectivity index (χ1) is 23.8. The average molecular weight is 612 g/mol. The van der Waals surface area contributed by atoms with Crippen LogP contribution in [0.1, 0.15) is 0 Å². The van der Waals surface area contributed by atoms with Crippen LogP contribution < -0.4 is 0 Å². The second-order valence-corrected chi connectivity index (χ2v) is 12.1. The first-order valence-electron chi connectivity index (χ1n) is 16.2. The Bertz CT molecular complexity index is 2590. The molecular formula is C45H29N3. The lowest BCUT2D eigenvalue weighted by atomic mass is 9.94. The van der Waals surface area contributed by atoms with Crippen LogP contribution in [0.3, 0.4) is 0 Å². The van der Waals surface area contributed by atoms with Crippen molar-refractivity contribution in [2.75, 3.05) is 0 Å². The zero-order valence-electron chi connectivity index (χ0n) is 26.1. The summed E-state index contributed by atoms with van der Waals surface area (Å²) in [6, 6.07) is 59.7. The van der Waals surface area contributed by atoms with Crippen LogP contribution in [0.15, 0.2) is 176 Å². The Labute approximate surface area is 278 Å². The van der Waals surface area contributed by atoms with Crippen LogP contribution in [0, 0.1) is 0 Å². The summed E-state index contributed by atoms with van der Waals surface area (Å²) in [4.78, 5) is 14.9. The summed E-state index contributed by atoms with van der Waals surface area (Å²) >= 11 is 0. The third kappa shape index (κ3) is 4.99. The molecule has 0 fully saturated rings. The van der Waals surface area contributed by atoms with E-state index in [0.29, 0.717) is 5.82 Å². The van der Waals surface area contributed by atoms with Crippen LogP contribution in [0.2, 0.25) is 0 Å². The molecule has 7 aromatic carbocycles. The maximum Gasteiger partial charge on any atom is 0.160 e. The molecule has 48 heavy (non-hydrogen) atoms. The smallest absolute Gasteiger partial charge is 0.160 e. The van der Waals surface area contributed by atoms with Crippen molar-refractivity contribution >= 4 is 32.6 Å². The molecule has 0 aliphatic heterocycles. The van der Waals surface area contributed by atoms with Gasteiger partial charge in [0.1, 0.15) is 0 Å². The molecule has 0 aliphatic rings. The molecular weight excluding hydrogens is 583 g/mol. The molecule has 9 aromatic rings. The van der Waals surface area contributed by atoms with Crippen molar-refractivity contribution in [3.63, 3.8) is 0 Å². The molecule has 0 N–H and O–H groups in total. The zero-order chi connectivity index (χ0) is 31.9. The maximum atomic E-state index is 5.17. The molecule has 0 radical (unpaired) electrons. The Morgan fingerprint density at radius 3 is 1.85 bits per heavy atom. The first-order valence-corrected chi connectivity index (χ1v) is 16.2. The van der Waals surface area contributed by atoms with Gasteiger partial charge >= 0.3 is 0 Å². The van der Waals surface area contributed by atoms with Crippen molar-refractivity contribution in [2.24, 2.45) is 0 Å². The number of fused-ring (bicyclic) bond motifs is 4. The fourth-order valence-electron chi connectivity index (χ4n) is 6.71. The van der Waals surface area contributed by atoms with Crippen LogP contribution in [0.4, 0.5) is 0 Å². The van der Waals surface area contributed by atoms with Crippen molar-refractivity contribution in [3.8, 4) is 56.0 Å². The van der Waals surface area contributed by atoms with Crippen LogP contribution in [-0.4, -0.2) is 15.0 Å². The molecule has 0 saturated heterocycles. The Kier molecular flexibility index (Phi) is 6.80. The number of benzene rings is 7. The van der Waals surface area contributed by atoms with E-state index in [1.54, 1.807) is 0 Å². The molecule has 9 rings (SSSR count). The highest BCUT2D eigenvalue weighted by atomic mass is 14.9. The first kappa shape index (κ1) is 27.8. The van der Waals surface area contributed by atoms with Crippen molar-refractivity contribution in [2.45, 2.75) is 0 Å². The van der Waals surface area contributed by atoms with Gasteiger partial charge in [0.15, 0.2) is 5.82 Å². The predicted octanol–water partition coefficient (Wildman–Crippen LogP) is 11.7. The molecule has 3 nitrogen and oxygen atoms in total. The lowest BCUT2D eigenvalue weighted by Crippen LogP contribution is -1.95. The van der Waals surface area contributed by atoms with Crippen molar-refractivity contribution in [3.05, 3.63) is 176 Å². The highest BCUT2D eigenvalue weighted by Gasteiger charge is 2.13. The second kappa shape index (κ2) is 11.7. The van der Waals surface area contributed by atoms with E-state index in [1.807, 2.05) is 24.4 Å². The fourth-order valence-corrected chi connectivity index (χ4v) is 6.71. The topological polar surface area (TPSA) is 38.7 Å². The zero-order valence-corrected chi connectivity index (χ0v) is 26.1. The summed E-state index contributed by atoms with van der Waals surface area (Å²) in [5.41, 5.74) is 12.0. The molecule has 0 amide bonds. The number of hydrogen-bond acceptors (Lipinski definition) is 3. The number of nitrogens with zero attached hydrogens (tertiary/aromatic N) is 3. The molecule has 0 bridgehead atoms. The quantitative estimate of drug-likeness (QED) is 0.182. The summed E-state index contributed by atoms with van der Waals surface area (Å²) in [7, 11) is 0. The van der Waals surface area contributed by atoms with E-state index in [0.717, 1.165) is 49.8 Å². The normalized spacial score (nSPS) is 11.3. The minimum Gasteiger partial charge on any atom is -0.256 e. The Hall–Kier alpha value is -6.45. The highest BCUT2D eigenvalue weighted by molar-refractivity contribution is 6.10. The van der Waals surface area contributed by atoms with E-state index < -0.39 is 0 Å². The number of para-hydroxylation sites is 1. The molecule has 2 heterocycles. The monoisotopic (exact) mass is 611 g/mol. The van der Waals surface area contributed by atoms with Crippen molar-refractivity contribution < 1.29 is 0 Å². The standard InChI is InChI=1S/C45H29N3/c1-2-9-30(10-3-1)31-20-24-35(25-21-31)44-41-14-4-5-17-42(41)47-45(48-44)37-12-6-11-36(29-37)32-18-22-33(23-19-32)38-15-7-16-40-39(38)27-26-34-13-8-28-46-43(34)40/h1-29H. The summed E-state index contributed by atoms with van der Waals surface area (Å²) in [6.45, 7) is 0. The molecule has 0 spiro atoms. The van der Waals surface area contributed by atoms with E-state index in [1.165, 1.54) is 33.0 Å². The van der Waals surface area contributed by atoms with Gasteiger partial charge in [-0.25, -0.2) is 9.97 Å². The lowest BCUT2D eigenvalue weighted by Gasteiger charge is -2.12. The van der Waals surface area contributed by atoms with Crippen LogP contribution in [0.25, 0.3) is 88.6 Å². The highest BCUT2D eigenvalue weighted by Crippen LogP contribution is 2.35. The largest absolute Gasteiger partial charge is 0.256 e. The Balaban J connectivity index is 1.07. The molecule has 0 unspecified atom stereocenters. The van der Waals surface area contributed by atoms with Gasteiger partial charge in [0.05, 0.1) is 16.7 Å². The van der Waals surface area contributed by atoms with Gasteiger partial charge in [0.25, 0.3) is 0 Å². The predicted molar refractivity (Wildman–Crippen MR) is 200 cm³/mol. The van der Waals surface area contributed by atoms with Gasteiger partial charge in [-0.05, 0) is 57.0 Å². The van der Waals surface area contributed by atoms with Gasteiger partial charge < -0.3 is 0 Å². The van der Waals surface area contributed by atoms with Crippen LogP contribution >= 0.6 is 0 Å². The van der Waals surface area contributed by atoms with Gasteiger partial charge in [-0.15, -0.1) is 0 Å². The number of aromatic nitrogens is 3. The molecule has 224 valence electrons. The van der Waals surface area contributed by atoms with Crippen molar-refractivity contribution in [1.82, 2.24) is 15.0 Å². The average Bonchev–Trinajstić information content (AvgIpc) is 3.17. The van der Waals surface area contributed by atoms with Crippen LogP contribution in [0.5, 0.6) is 0 Å². The van der Waals surface area contributed by atoms with Gasteiger partial charge in [0.2, 0.25) is 0 Å². The minimum atomic E-state index is 0.714. The van der Waals surface area contributed by atoms with E-state index in [-0.39, 0.29) is 0 Å². The fraction of sp³-hybridized carbons (Fsp3) is 0. The number of rotatable bonds is 5. The van der Waals surface area contributed by atoms with E-state index in [2.05, 4.69) is 157 Å². The lowest BCUT2D eigenvalue weighted by molar-refractivity contribution is 1.23. The third-order valence-electron chi connectivity index (χ3n) is 9.15. The Morgan fingerprint density at radius 2 is 1.00 bits per heavy atom. The molecule has 2 aromatic heterocycles. The van der Waals surface area contributed by atoms with Crippen LogP contribution in [-0.2, 0) is 0 Å². The van der Waals surface area contributed by atoms with Gasteiger partial charge in [-0.3, -0.25) is 4.98 Å². The summed E-state index contributed by atoms with van der Waals surface area (Å²) < 4.78 is 0. The molecule has 3 heteroatoms. The van der Waals surface area contributed by atoms with Gasteiger partial charge in [-0.2, -0.15) is 0 Å². The van der Waals surface area contributed by atoms with E-state index in [9.17, 15) is 0 Å². The van der Waals surface area contributed by atoms with E-state index in [4.69, 9.17) is 9.97 Å². The van der Waals surface area contributed by atoms with Gasteiger partial charge in [-0.1, -0.05) is 152 Å². The molecule has 0 atom stereocenters. The Morgan fingerprint density at radius 1 is 0.354 bits per heavy atom. The number of pyridine rings is 1. The summed E-state index contributed by atoms with van der Waals surface area (Å²) in [6.07, 6.45) is 1.87. The molecule has 0 aliphatic carbocycles.